The van der Waals surface area contributed by atoms with Crippen LogP contribution < -0.4 is 10.9 Å². The van der Waals surface area contributed by atoms with Crippen LogP contribution in [0.15, 0.2) is 35.3 Å². The Morgan fingerprint density at radius 3 is 3.05 bits per heavy atom. The molecule has 0 spiro atoms. The lowest BCUT2D eigenvalue weighted by atomic mass is 10.1. The number of halogens is 2. The zero-order chi connectivity index (χ0) is 14.3. The lowest BCUT2D eigenvalue weighted by Crippen LogP contribution is -2.21. The highest BCUT2D eigenvalue weighted by molar-refractivity contribution is 6.32. The van der Waals surface area contributed by atoms with Gasteiger partial charge in [0.2, 0.25) is 0 Å². The van der Waals surface area contributed by atoms with Crippen molar-refractivity contribution in [3.05, 3.63) is 57.2 Å². The molecule has 1 heterocycles. The molecule has 0 bridgehead atoms. The first kappa shape index (κ1) is 13.1. The minimum atomic E-state index is -0.334. The second kappa shape index (κ2) is 4.90. The fourth-order valence-corrected chi connectivity index (χ4v) is 2.50. The lowest BCUT2D eigenvalue weighted by molar-refractivity contribution is 0.625. The van der Waals surface area contributed by atoms with Crippen molar-refractivity contribution in [1.29, 1.82) is 0 Å². The molecule has 20 heavy (non-hydrogen) atoms. The summed E-state index contributed by atoms with van der Waals surface area (Å²) < 4.78 is 14.4. The van der Waals surface area contributed by atoms with E-state index < -0.39 is 0 Å². The molecule has 1 aliphatic carbocycles. The molecule has 1 saturated carbocycles. The van der Waals surface area contributed by atoms with Gasteiger partial charge in [0.25, 0.3) is 5.56 Å². The van der Waals surface area contributed by atoms with E-state index in [0.29, 0.717) is 5.69 Å². The van der Waals surface area contributed by atoms with E-state index in [0.717, 1.165) is 12.0 Å². The fourth-order valence-electron chi connectivity index (χ4n) is 2.27. The summed E-state index contributed by atoms with van der Waals surface area (Å²) in [7, 11) is 1.55. The van der Waals surface area contributed by atoms with Gasteiger partial charge in [-0.2, -0.15) is 5.10 Å². The fraction of sp³-hybridized carbons (Fsp3) is 0.286. The highest BCUT2D eigenvalue weighted by atomic mass is 35.5. The van der Waals surface area contributed by atoms with Crippen LogP contribution in [0.4, 0.5) is 10.1 Å². The molecule has 2 atom stereocenters. The average Bonchev–Trinajstić information content (AvgIpc) is 3.19. The maximum Gasteiger partial charge on any atom is 0.287 e. The molecule has 1 N–H and O–H groups in total. The summed E-state index contributed by atoms with van der Waals surface area (Å²) in [5.74, 6) is 0.00672. The van der Waals surface area contributed by atoms with Gasteiger partial charge >= 0.3 is 0 Å². The minimum absolute atomic E-state index is 0.132. The molecule has 0 aliphatic heterocycles. The first-order chi connectivity index (χ1) is 9.56. The van der Waals surface area contributed by atoms with Crippen LogP contribution in [0.5, 0.6) is 0 Å². The number of nitrogens with one attached hydrogen (secondary N) is 1. The van der Waals surface area contributed by atoms with Gasteiger partial charge in [0.15, 0.2) is 0 Å². The SMILES string of the molecule is Cn1ncc(N[C@@H]2C[C@H]2c2cccc(F)c2)c(Cl)c1=O. The Morgan fingerprint density at radius 1 is 1.50 bits per heavy atom. The Hall–Kier alpha value is -1.88. The molecule has 104 valence electrons. The number of anilines is 1. The van der Waals surface area contributed by atoms with Crippen molar-refractivity contribution in [1.82, 2.24) is 9.78 Å². The number of hydrogen-bond acceptors (Lipinski definition) is 3. The molecule has 1 aromatic heterocycles. The minimum Gasteiger partial charge on any atom is -0.379 e. The molecule has 1 aliphatic rings. The largest absolute Gasteiger partial charge is 0.379 e. The maximum absolute atomic E-state index is 13.2. The van der Waals surface area contributed by atoms with E-state index in [2.05, 4.69) is 10.4 Å². The first-order valence-corrected chi connectivity index (χ1v) is 6.68. The number of hydrogen-bond donors (Lipinski definition) is 1. The molecular weight excluding hydrogens is 281 g/mol. The Balaban J connectivity index is 1.76. The van der Waals surface area contributed by atoms with E-state index in [9.17, 15) is 9.18 Å². The normalized spacial score (nSPS) is 20.8. The molecule has 6 heteroatoms. The second-order valence-corrected chi connectivity index (χ2v) is 5.33. The maximum atomic E-state index is 13.2. The van der Waals surface area contributed by atoms with E-state index in [1.165, 1.54) is 23.0 Å². The smallest absolute Gasteiger partial charge is 0.287 e. The van der Waals surface area contributed by atoms with Crippen LogP contribution in [0, 0.1) is 5.82 Å². The number of nitrogens with zero attached hydrogens (tertiary/aromatic N) is 2. The van der Waals surface area contributed by atoms with E-state index in [4.69, 9.17) is 11.6 Å². The topological polar surface area (TPSA) is 46.9 Å². The Morgan fingerprint density at radius 2 is 2.30 bits per heavy atom. The predicted octanol–water partition coefficient (Wildman–Crippen LogP) is 2.54. The van der Waals surface area contributed by atoms with Crippen LogP contribution in [-0.2, 0) is 7.05 Å². The molecule has 0 saturated heterocycles. The summed E-state index contributed by atoms with van der Waals surface area (Å²) in [5.41, 5.74) is 1.15. The Bertz CT molecular complexity index is 716. The van der Waals surface area contributed by atoms with Crippen LogP contribution in [0.3, 0.4) is 0 Å². The molecular formula is C14H13ClFN3O. The van der Waals surface area contributed by atoms with Gasteiger partial charge in [0, 0.05) is 19.0 Å². The average molecular weight is 294 g/mol. The summed E-state index contributed by atoms with van der Waals surface area (Å²) >= 11 is 5.99. The van der Waals surface area contributed by atoms with Gasteiger partial charge in [-0.25, -0.2) is 9.07 Å². The van der Waals surface area contributed by atoms with Crippen molar-refractivity contribution in [2.45, 2.75) is 18.4 Å². The zero-order valence-corrected chi connectivity index (χ0v) is 11.6. The van der Waals surface area contributed by atoms with E-state index >= 15 is 0 Å². The van der Waals surface area contributed by atoms with Crippen molar-refractivity contribution >= 4 is 17.3 Å². The van der Waals surface area contributed by atoms with Crippen molar-refractivity contribution in [2.75, 3.05) is 5.32 Å². The van der Waals surface area contributed by atoms with Crippen LogP contribution in [0.25, 0.3) is 0 Å². The molecule has 0 amide bonds. The summed E-state index contributed by atoms with van der Waals surface area (Å²) in [6, 6.07) is 6.72. The number of rotatable bonds is 3. The molecule has 4 nitrogen and oxygen atoms in total. The Labute approximate surface area is 120 Å². The van der Waals surface area contributed by atoms with E-state index in [-0.39, 0.29) is 28.4 Å². The third-order valence-electron chi connectivity index (χ3n) is 3.49. The predicted molar refractivity (Wildman–Crippen MR) is 75.7 cm³/mol. The molecule has 3 rings (SSSR count). The van der Waals surface area contributed by atoms with Gasteiger partial charge in [0.05, 0.1) is 11.9 Å². The van der Waals surface area contributed by atoms with Crippen LogP contribution in [-0.4, -0.2) is 15.8 Å². The summed E-state index contributed by atoms with van der Waals surface area (Å²) in [5, 5.41) is 7.25. The monoisotopic (exact) mass is 293 g/mol. The van der Waals surface area contributed by atoms with E-state index in [1.807, 2.05) is 6.07 Å². The van der Waals surface area contributed by atoms with Crippen molar-refractivity contribution in [2.24, 2.45) is 7.05 Å². The third kappa shape index (κ3) is 2.41. The summed E-state index contributed by atoms with van der Waals surface area (Å²) in [6.07, 6.45) is 2.42. The zero-order valence-electron chi connectivity index (χ0n) is 10.8. The molecule has 1 fully saturated rings. The van der Waals surface area contributed by atoms with Crippen molar-refractivity contribution in [3.63, 3.8) is 0 Å². The first-order valence-electron chi connectivity index (χ1n) is 6.30. The van der Waals surface area contributed by atoms with Crippen molar-refractivity contribution in [3.8, 4) is 0 Å². The number of aryl methyl sites for hydroxylation is 1. The molecule has 0 radical (unpaired) electrons. The number of aromatic nitrogens is 2. The van der Waals surface area contributed by atoms with Gasteiger partial charge in [-0.05, 0) is 24.1 Å². The Kier molecular flexibility index (Phi) is 3.22. The van der Waals surface area contributed by atoms with Gasteiger partial charge in [-0.15, -0.1) is 0 Å². The number of benzene rings is 1. The summed E-state index contributed by atoms with van der Waals surface area (Å²) in [4.78, 5) is 11.7. The van der Waals surface area contributed by atoms with Gasteiger partial charge in [0.1, 0.15) is 10.8 Å². The molecule has 2 aromatic rings. The quantitative estimate of drug-likeness (QED) is 0.946. The van der Waals surface area contributed by atoms with Gasteiger partial charge in [-0.3, -0.25) is 4.79 Å². The van der Waals surface area contributed by atoms with Gasteiger partial charge in [-0.1, -0.05) is 23.7 Å². The van der Waals surface area contributed by atoms with Crippen molar-refractivity contribution < 1.29 is 4.39 Å². The lowest BCUT2D eigenvalue weighted by Gasteiger charge is -2.08. The summed E-state index contributed by atoms with van der Waals surface area (Å²) in [6.45, 7) is 0. The standard InChI is InChI=1S/C14H13ClFN3O/c1-19-14(20)13(15)12(7-17-19)18-11-6-10(11)8-3-2-4-9(16)5-8/h2-5,7,10-11,18H,6H2,1H3/t10-,11+/m0/s1. The van der Waals surface area contributed by atoms with Crippen LogP contribution in [0.2, 0.25) is 5.02 Å². The second-order valence-electron chi connectivity index (χ2n) is 4.95. The third-order valence-corrected chi connectivity index (χ3v) is 3.85. The van der Waals surface area contributed by atoms with Gasteiger partial charge < -0.3 is 5.32 Å². The van der Waals surface area contributed by atoms with Crippen LogP contribution >= 0.6 is 11.6 Å². The van der Waals surface area contributed by atoms with Crippen LogP contribution in [0.1, 0.15) is 17.9 Å². The van der Waals surface area contributed by atoms with E-state index in [1.54, 1.807) is 13.1 Å². The highest BCUT2D eigenvalue weighted by Gasteiger charge is 2.39. The molecule has 1 aromatic carbocycles. The highest BCUT2D eigenvalue weighted by Crippen LogP contribution is 2.43. The molecule has 0 unspecified atom stereocenters.